The molecule has 0 unspecified atom stereocenters. The molecule has 0 heterocycles. The minimum atomic E-state index is -0.113. The zero-order chi connectivity index (χ0) is 11.8. The van der Waals surface area contributed by atoms with Crippen molar-refractivity contribution in [2.45, 2.75) is 51.5 Å². The maximum Gasteiger partial charge on any atom is 0.0464 e. The molecule has 0 bridgehead atoms. The third-order valence-corrected chi connectivity index (χ3v) is 4.35. The van der Waals surface area contributed by atoms with Crippen molar-refractivity contribution in [3.05, 3.63) is 33.8 Å². The molecule has 1 fully saturated rings. The van der Waals surface area contributed by atoms with Gasteiger partial charge in [-0.3, -0.25) is 0 Å². The third-order valence-electron chi connectivity index (χ3n) is 3.76. The van der Waals surface area contributed by atoms with Crippen molar-refractivity contribution in [2.75, 3.05) is 0 Å². The highest BCUT2D eigenvalue weighted by Crippen LogP contribution is 2.36. The molecule has 0 saturated heterocycles. The van der Waals surface area contributed by atoms with Crippen LogP contribution in [0.15, 0.2) is 12.1 Å². The van der Waals surface area contributed by atoms with Gasteiger partial charge >= 0.3 is 0 Å². The first-order chi connectivity index (χ1) is 7.53. The van der Waals surface area contributed by atoms with Crippen LogP contribution in [0.5, 0.6) is 0 Å². The van der Waals surface area contributed by atoms with Crippen molar-refractivity contribution in [3.8, 4) is 0 Å². The Labute approximate surface area is 103 Å². The lowest BCUT2D eigenvalue weighted by molar-refractivity contribution is 0.302. The van der Waals surface area contributed by atoms with E-state index in [9.17, 15) is 0 Å². The molecule has 1 nitrogen and oxygen atoms in total. The molecule has 1 saturated carbocycles. The molecule has 1 aliphatic carbocycles. The highest BCUT2D eigenvalue weighted by molar-refractivity contribution is 6.32. The molecule has 0 aliphatic heterocycles. The van der Waals surface area contributed by atoms with E-state index in [-0.39, 0.29) is 5.54 Å². The zero-order valence-corrected chi connectivity index (χ0v) is 10.9. The monoisotopic (exact) mass is 237 g/mol. The van der Waals surface area contributed by atoms with Gasteiger partial charge < -0.3 is 5.73 Å². The fourth-order valence-electron chi connectivity index (χ4n) is 2.70. The lowest BCUT2D eigenvalue weighted by Gasteiger charge is -2.34. The molecule has 0 atom stereocenters. The van der Waals surface area contributed by atoms with E-state index in [1.54, 1.807) is 0 Å². The summed E-state index contributed by atoms with van der Waals surface area (Å²) >= 11 is 6.19. The van der Waals surface area contributed by atoms with Crippen LogP contribution in [0.3, 0.4) is 0 Å². The third kappa shape index (κ3) is 2.11. The van der Waals surface area contributed by atoms with Crippen molar-refractivity contribution < 1.29 is 0 Å². The lowest BCUT2D eigenvalue weighted by Crippen LogP contribution is -2.38. The molecule has 2 N–H and O–H groups in total. The number of nitrogens with two attached hydrogens (primary N) is 1. The number of hydrogen-bond acceptors (Lipinski definition) is 1. The average molecular weight is 238 g/mol. The van der Waals surface area contributed by atoms with Gasteiger partial charge in [0.15, 0.2) is 0 Å². The van der Waals surface area contributed by atoms with Crippen LogP contribution in [0.4, 0.5) is 0 Å². The van der Waals surface area contributed by atoms with Gasteiger partial charge in [-0.05, 0) is 43.4 Å². The zero-order valence-electron chi connectivity index (χ0n) is 10.1. The van der Waals surface area contributed by atoms with E-state index in [1.807, 2.05) is 0 Å². The first kappa shape index (κ1) is 11.9. The molecule has 0 spiro atoms. The SMILES string of the molecule is Cc1cc(C2(N)CCCCC2)cc(C)c1Cl. The Morgan fingerprint density at radius 2 is 1.56 bits per heavy atom. The van der Waals surface area contributed by atoms with E-state index in [4.69, 9.17) is 17.3 Å². The van der Waals surface area contributed by atoms with Crippen LogP contribution < -0.4 is 5.73 Å². The topological polar surface area (TPSA) is 26.0 Å². The number of aryl methyl sites for hydroxylation is 2. The highest BCUT2D eigenvalue weighted by atomic mass is 35.5. The molecule has 88 valence electrons. The summed E-state index contributed by atoms with van der Waals surface area (Å²) in [6, 6.07) is 4.33. The number of halogens is 1. The Bertz CT molecular complexity index is 369. The molecule has 1 aromatic rings. The summed E-state index contributed by atoms with van der Waals surface area (Å²) in [6.45, 7) is 4.12. The van der Waals surface area contributed by atoms with Gasteiger partial charge in [0, 0.05) is 10.6 Å². The van der Waals surface area contributed by atoms with Crippen LogP contribution in [-0.4, -0.2) is 0 Å². The van der Waals surface area contributed by atoms with E-state index in [1.165, 1.54) is 24.8 Å². The van der Waals surface area contributed by atoms with Crippen molar-refractivity contribution in [1.29, 1.82) is 0 Å². The second kappa shape index (κ2) is 4.38. The largest absolute Gasteiger partial charge is 0.321 e. The number of benzene rings is 1. The lowest BCUT2D eigenvalue weighted by atomic mass is 9.77. The van der Waals surface area contributed by atoms with Crippen molar-refractivity contribution in [2.24, 2.45) is 5.73 Å². The molecule has 2 heteroatoms. The average Bonchev–Trinajstić information content (AvgIpc) is 2.26. The molecule has 1 aromatic carbocycles. The molecule has 16 heavy (non-hydrogen) atoms. The first-order valence-corrected chi connectivity index (χ1v) is 6.47. The summed E-state index contributed by atoms with van der Waals surface area (Å²) in [5.41, 5.74) is 9.97. The van der Waals surface area contributed by atoms with Gasteiger partial charge in [0.2, 0.25) is 0 Å². The normalized spacial score (nSPS) is 19.8. The van der Waals surface area contributed by atoms with E-state index < -0.39 is 0 Å². The van der Waals surface area contributed by atoms with Crippen LogP contribution in [0.25, 0.3) is 0 Å². The van der Waals surface area contributed by atoms with Crippen molar-refractivity contribution in [1.82, 2.24) is 0 Å². The highest BCUT2D eigenvalue weighted by Gasteiger charge is 2.29. The van der Waals surface area contributed by atoms with Crippen LogP contribution >= 0.6 is 11.6 Å². The maximum absolute atomic E-state index is 6.53. The van der Waals surface area contributed by atoms with E-state index in [0.29, 0.717) is 0 Å². The van der Waals surface area contributed by atoms with Crippen LogP contribution in [0, 0.1) is 13.8 Å². The minimum absolute atomic E-state index is 0.113. The number of hydrogen-bond donors (Lipinski definition) is 1. The van der Waals surface area contributed by atoms with Crippen LogP contribution in [-0.2, 0) is 5.54 Å². The molecule has 1 aliphatic rings. The first-order valence-electron chi connectivity index (χ1n) is 6.09. The minimum Gasteiger partial charge on any atom is -0.321 e. The van der Waals surface area contributed by atoms with E-state index in [0.717, 1.165) is 29.0 Å². The summed E-state index contributed by atoms with van der Waals surface area (Å²) in [6.07, 6.45) is 6.03. The second-order valence-corrected chi connectivity index (χ2v) is 5.52. The predicted octanol–water partition coefficient (Wildman–Crippen LogP) is 4.07. The Morgan fingerprint density at radius 3 is 2.06 bits per heavy atom. The van der Waals surface area contributed by atoms with Gasteiger partial charge in [0.05, 0.1) is 0 Å². The van der Waals surface area contributed by atoms with Crippen molar-refractivity contribution >= 4 is 11.6 Å². The quantitative estimate of drug-likeness (QED) is 0.783. The standard InChI is InChI=1S/C14H20ClN/c1-10-8-12(9-11(2)13(10)15)14(16)6-4-3-5-7-14/h8-9H,3-7,16H2,1-2H3. The van der Waals surface area contributed by atoms with Gasteiger partial charge in [-0.15, -0.1) is 0 Å². The summed E-state index contributed by atoms with van der Waals surface area (Å²) in [4.78, 5) is 0. The Hall–Kier alpha value is -0.530. The molecule has 0 aromatic heterocycles. The van der Waals surface area contributed by atoms with Gasteiger partial charge in [0.1, 0.15) is 0 Å². The maximum atomic E-state index is 6.53. The summed E-state index contributed by atoms with van der Waals surface area (Å²) < 4.78 is 0. The smallest absolute Gasteiger partial charge is 0.0464 e. The van der Waals surface area contributed by atoms with Crippen LogP contribution in [0.2, 0.25) is 5.02 Å². The van der Waals surface area contributed by atoms with Gasteiger partial charge in [0.25, 0.3) is 0 Å². The van der Waals surface area contributed by atoms with Gasteiger partial charge in [-0.2, -0.15) is 0 Å². The fraction of sp³-hybridized carbons (Fsp3) is 0.571. The van der Waals surface area contributed by atoms with Gasteiger partial charge in [-0.25, -0.2) is 0 Å². The summed E-state index contributed by atoms with van der Waals surface area (Å²) in [7, 11) is 0. The fourth-order valence-corrected chi connectivity index (χ4v) is 2.81. The molecular formula is C14H20ClN. The van der Waals surface area contributed by atoms with Crippen LogP contribution in [0.1, 0.15) is 48.8 Å². The predicted molar refractivity (Wildman–Crippen MR) is 69.9 cm³/mol. The Balaban J connectivity index is 2.39. The van der Waals surface area contributed by atoms with Crippen molar-refractivity contribution in [3.63, 3.8) is 0 Å². The van der Waals surface area contributed by atoms with Gasteiger partial charge in [-0.1, -0.05) is 43.0 Å². The molecular weight excluding hydrogens is 218 g/mol. The molecule has 0 radical (unpaired) electrons. The summed E-state index contributed by atoms with van der Waals surface area (Å²) in [5, 5.41) is 0.878. The second-order valence-electron chi connectivity index (χ2n) is 5.14. The molecule has 0 amide bonds. The Morgan fingerprint density at radius 1 is 1.06 bits per heavy atom. The van der Waals surface area contributed by atoms with E-state index >= 15 is 0 Å². The summed E-state index contributed by atoms with van der Waals surface area (Å²) in [5.74, 6) is 0. The number of rotatable bonds is 1. The van der Waals surface area contributed by atoms with E-state index in [2.05, 4.69) is 26.0 Å². The Kier molecular flexibility index (Phi) is 3.27. The molecule has 2 rings (SSSR count).